The van der Waals surface area contributed by atoms with Gasteiger partial charge in [0.15, 0.2) is 5.78 Å². The van der Waals surface area contributed by atoms with E-state index in [1.54, 1.807) is 12.1 Å². The number of nitrogens with one attached hydrogen (secondary N) is 1. The second kappa shape index (κ2) is 7.79. The van der Waals surface area contributed by atoms with Crippen molar-refractivity contribution in [3.05, 3.63) is 71.5 Å². The Kier molecular flexibility index (Phi) is 5.29. The van der Waals surface area contributed by atoms with Crippen LogP contribution in [-0.2, 0) is 11.2 Å². The third kappa shape index (κ3) is 4.57. The van der Waals surface area contributed by atoms with Crippen LogP contribution < -0.4 is 5.32 Å². The Bertz CT molecular complexity index is 845. The number of furan rings is 1. The van der Waals surface area contributed by atoms with Crippen LogP contribution in [0.3, 0.4) is 0 Å². The van der Waals surface area contributed by atoms with Gasteiger partial charge in [-0.2, -0.15) is 0 Å². The number of para-hydroxylation sites is 1. The van der Waals surface area contributed by atoms with Crippen molar-refractivity contribution < 1.29 is 14.0 Å². The summed E-state index contributed by atoms with van der Waals surface area (Å²) in [6.07, 6.45) is 1.05. The number of fused-ring (bicyclic) bond motifs is 1. The normalized spacial score (nSPS) is 10.8. The average molecular weight is 335 g/mol. The predicted molar refractivity (Wildman–Crippen MR) is 97.7 cm³/mol. The largest absolute Gasteiger partial charge is 0.461 e. The first-order valence-electron chi connectivity index (χ1n) is 8.46. The number of Topliss-reactive ketones (excluding diaryl/α,β-unsaturated/α-hetero) is 1. The van der Waals surface area contributed by atoms with Gasteiger partial charge in [-0.15, -0.1) is 0 Å². The van der Waals surface area contributed by atoms with Crippen LogP contribution in [0, 0.1) is 6.92 Å². The molecule has 3 aromatic rings. The first-order chi connectivity index (χ1) is 12.1. The molecule has 0 bridgehead atoms. The summed E-state index contributed by atoms with van der Waals surface area (Å²) in [4.78, 5) is 24.0. The maximum atomic E-state index is 12.1. The molecule has 0 aliphatic rings. The highest BCUT2D eigenvalue weighted by Crippen LogP contribution is 2.18. The van der Waals surface area contributed by atoms with Crippen LogP contribution in [0.1, 0.15) is 34.5 Å². The molecule has 1 N–H and O–H groups in total. The summed E-state index contributed by atoms with van der Waals surface area (Å²) in [6, 6.07) is 17.2. The van der Waals surface area contributed by atoms with E-state index in [2.05, 4.69) is 5.32 Å². The minimum absolute atomic E-state index is 0.00701. The lowest BCUT2D eigenvalue weighted by Crippen LogP contribution is -2.25. The summed E-state index contributed by atoms with van der Waals surface area (Å²) < 4.78 is 5.71. The molecule has 0 aliphatic carbocycles. The summed E-state index contributed by atoms with van der Waals surface area (Å²) in [5.41, 5.74) is 2.62. The molecule has 1 amide bonds. The van der Waals surface area contributed by atoms with Crippen LogP contribution in [-0.4, -0.2) is 18.2 Å². The SMILES string of the molecule is Cc1ccc(C(=O)CCC(=O)NCCc2cc3ccccc3o2)cc1. The Labute approximate surface area is 146 Å². The molecular weight excluding hydrogens is 314 g/mol. The van der Waals surface area contributed by atoms with Crippen molar-refractivity contribution >= 4 is 22.7 Å². The number of hydrogen-bond acceptors (Lipinski definition) is 3. The van der Waals surface area contributed by atoms with Crippen molar-refractivity contribution in [3.8, 4) is 0 Å². The third-order valence-electron chi connectivity index (χ3n) is 4.12. The van der Waals surface area contributed by atoms with Crippen molar-refractivity contribution in [1.82, 2.24) is 5.32 Å². The monoisotopic (exact) mass is 335 g/mol. The number of carbonyl (C=O) groups is 2. The van der Waals surface area contributed by atoms with Crippen molar-refractivity contribution in [2.45, 2.75) is 26.2 Å². The lowest BCUT2D eigenvalue weighted by molar-refractivity contribution is -0.121. The molecule has 0 spiro atoms. The fourth-order valence-electron chi connectivity index (χ4n) is 2.68. The van der Waals surface area contributed by atoms with Gasteiger partial charge in [-0.25, -0.2) is 0 Å². The van der Waals surface area contributed by atoms with E-state index in [0.717, 1.165) is 22.3 Å². The molecule has 1 heterocycles. The summed E-state index contributed by atoms with van der Waals surface area (Å²) in [5, 5.41) is 3.90. The summed E-state index contributed by atoms with van der Waals surface area (Å²) in [6.45, 7) is 2.47. The molecule has 0 fully saturated rings. The average Bonchev–Trinajstić information content (AvgIpc) is 3.03. The maximum Gasteiger partial charge on any atom is 0.220 e. The molecular formula is C21H21NO3. The van der Waals surface area contributed by atoms with Gasteiger partial charge in [0.2, 0.25) is 5.91 Å². The van der Waals surface area contributed by atoms with Crippen molar-refractivity contribution in [2.24, 2.45) is 0 Å². The second-order valence-corrected chi connectivity index (χ2v) is 6.14. The van der Waals surface area contributed by atoms with Crippen molar-refractivity contribution in [1.29, 1.82) is 0 Å². The summed E-state index contributed by atoms with van der Waals surface area (Å²) in [7, 11) is 0. The Hall–Kier alpha value is -2.88. The zero-order valence-corrected chi connectivity index (χ0v) is 14.2. The Morgan fingerprint density at radius 3 is 2.52 bits per heavy atom. The number of carbonyl (C=O) groups excluding carboxylic acids is 2. The lowest BCUT2D eigenvalue weighted by Gasteiger charge is -2.04. The highest BCUT2D eigenvalue weighted by Gasteiger charge is 2.09. The molecule has 0 aliphatic heterocycles. The van der Waals surface area contributed by atoms with E-state index in [4.69, 9.17) is 4.42 Å². The van der Waals surface area contributed by atoms with Gasteiger partial charge in [-0.3, -0.25) is 9.59 Å². The second-order valence-electron chi connectivity index (χ2n) is 6.14. The molecule has 0 saturated carbocycles. The predicted octanol–water partition coefficient (Wildman–Crippen LogP) is 4.06. The molecule has 2 aromatic carbocycles. The minimum Gasteiger partial charge on any atom is -0.461 e. The first kappa shape index (κ1) is 17.0. The smallest absolute Gasteiger partial charge is 0.220 e. The van der Waals surface area contributed by atoms with Crippen LogP contribution in [0.5, 0.6) is 0 Å². The van der Waals surface area contributed by atoms with Crippen molar-refractivity contribution in [3.63, 3.8) is 0 Å². The number of ketones is 1. The molecule has 4 heteroatoms. The van der Waals surface area contributed by atoms with E-state index in [1.807, 2.05) is 49.4 Å². The van der Waals surface area contributed by atoms with E-state index < -0.39 is 0 Å². The Morgan fingerprint density at radius 1 is 1.00 bits per heavy atom. The quantitative estimate of drug-likeness (QED) is 0.662. The van der Waals surface area contributed by atoms with Gasteiger partial charge >= 0.3 is 0 Å². The fraction of sp³-hybridized carbons (Fsp3) is 0.238. The maximum absolute atomic E-state index is 12.1. The van der Waals surface area contributed by atoms with Gasteiger partial charge in [-0.1, -0.05) is 48.0 Å². The number of rotatable bonds is 7. The zero-order chi connectivity index (χ0) is 17.6. The van der Waals surface area contributed by atoms with Crippen LogP contribution in [0.25, 0.3) is 11.0 Å². The standard InChI is InChI=1S/C21H21NO3/c1-15-6-8-16(9-7-15)19(23)10-11-21(24)22-13-12-18-14-17-4-2-3-5-20(17)25-18/h2-9,14H,10-13H2,1H3,(H,22,24). The molecule has 0 radical (unpaired) electrons. The molecule has 0 saturated heterocycles. The van der Waals surface area contributed by atoms with Gasteiger partial charge in [0.1, 0.15) is 11.3 Å². The van der Waals surface area contributed by atoms with Gasteiger partial charge in [-0.05, 0) is 19.1 Å². The van der Waals surface area contributed by atoms with Crippen LogP contribution in [0.2, 0.25) is 0 Å². The fourth-order valence-corrected chi connectivity index (χ4v) is 2.68. The zero-order valence-electron chi connectivity index (χ0n) is 14.2. The number of amides is 1. The first-order valence-corrected chi connectivity index (χ1v) is 8.46. The van der Waals surface area contributed by atoms with E-state index in [0.29, 0.717) is 18.5 Å². The highest BCUT2D eigenvalue weighted by atomic mass is 16.3. The Morgan fingerprint density at radius 2 is 1.76 bits per heavy atom. The van der Waals surface area contributed by atoms with Crippen LogP contribution in [0.4, 0.5) is 0 Å². The number of benzene rings is 2. The van der Waals surface area contributed by atoms with Gasteiger partial charge < -0.3 is 9.73 Å². The molecule has 1 aromatic heterocycles. The molecule has 25 heavy (non-hydrogen) atoms. The van der Waals surface area contributed by atoms with Crippen molar-refractivity contribution in [2.75, 3.05) is 6.54 Å². The van der Waals surface area contributed by atoms with E-state index in [1.165, 1.54) is 0 Å². The lowest BCUT2D eigenvalue weighted by atomic mass is 10.1. The van der Waals surface area contributed by atoms with E-state index >= 15 is 0 Å². The minimum atomic E-state index is -0.114. The Balaban J connectivity index is 1.42. The van der Waals surface area contributed by atoms with Crippen LogP contribution >= 0.6 is 0 Å². The molecule has 128 valence electrons. The van der Waals surface area contributed by atoms with Gasteiger partial charge in [0.05, 0.1) is 0 Å². The number of aryl methyl sites for hydroxylation is 1. The third-order valence-corrected chi connectivity index (χ3v) is 4.12. The van der Waals surface area contributed by atoms with Gasteiger partial charge in [0.25, 0.3) is 0 Å². The molecule has 3 rings (SSSR count). The number of hydrogen-bond donors (Lipinski definition) is 1. The van der Waals surface area contributed by atoms with E-state index in [9.17, 15) is 9.59 Å². The molecule has 0 atom stereocenters. The molecule has 4 nitrogen and oxygen atoms in total. The highest BCUT2D eigenvalue weighted by molar-refractivity contribution is 5.97. The summed E-state index contributed by atoms with van der Waals surface area (Å²) >= 11 is 0. The summed E-state index contributed by atoms with van der Waals surface area (Å²) in [5.74, 6) is 0.723. The van der Waals surface area contributed by atoms with Crippen LogP contribution in [0.15, 0.2) is 59.0 Å². The topological polar surface area (TPSA) is 59.3 Å². The van der Waals surface area contributed by atoms with Gasteiger partial charge in [0, 0.05) is 36.8 Å². The van der Waals surface area contributed by atoms with E-state index in [-0.39, 0.29) is 24.5 Å². The molecule has 0 unspecified atom stereocenters.